The van der Waals surface area contributed by atoms with E-state index >= 15 is 0 Å². The molecule has 0 radical (unpaired) electrons. The number of carbonyl (C=O) groups is 1. The number of aliphatic hydroxyl groups excluding tert-OH is 1. The molecule has 0 saturated carbocycles. The molecule has 8 nitrogen and oxygen atoms in total. The third-order valence-corrected chi connectivity index (χ3v) is 5.95. The van der Waals surface area contributed by atoms with Crippen LogP contribution in [0.1, 0.15) is 31.9 Å². The summed E-state index contributed by atoms with van der Waals surface area (Å²) < 4.78 is 0. The van der Waals surface area contributed by atoms with Gasteiger partial charge in [-0.25, -0.2) is 0 Å². The van der Waals surface area contributed by atoms with Gasteiger partial charge >= 0.3 is 0 Å². The van der Waals surface area contributed by atoms with Crippen LogP contribution in [0.3, 0.4) is 0 Å². The Bertz CT molecular complexity index is 761. The van der Waals surface area contributed by atoms with E-state index in [0.29, 0.717) is 19.6 Å². The van der Waals surface area contributed by atoms with E-state index in [1.165, 1.54) is 11.1 Å². The highest BCUT2D eigenvalue weighted by Gasteiger charge is 2.22. The first-order valence-corrected chi connectivity index (χ1v) is 12.0. The van der Waals surface area contributed by atoms with Crippen LogP contribution in [0, 0.1) is 0 Å². The molecule has 1 aromatic carbocycles. The van der Waals surface area contributed by atoms with Gasteiger partial charge in [0.05, 0.1) is 19.2 Å². The number of rotatable bonds is 8. The van der Waals surface area contributed by atoms with Crippen LogP contribution in [-0.2, 0) is 17.8 Å². The third kappa shape index (κ3) is 7.46. The van der Waals surface area contributed by atoms with Crippen molar-refractivity contribution in [2.75, 3.05) is 58.9 Å². The lowest BCUT2D eigenvalue weighted by Gasteiger charge is -2.36. The Hall–Kier alpha value is -2.16. The second-order valence-electron chi connectivity index (χ2n) is 9.09. The van der Waals surface area contributed by atoms with Gasteiger partial charge in [-0.3, -0.25) is 19.6 Å². The fraction of sp³-hybridized carbons (Fsp3) is 0.667. The molecule has 0 spiro atoms. The van der Waals surface area contributed by atoms with Crippen molar-refractivity contribution >= 4 is 11.9 Å². The first-order chi connectivity index (χ1) is 15.4. The Labute approximate surface area is 192 Å². The molecule has 0 aromatic heterocycles. The molecule has 1 unspecified atom stereocenters. The standard InChI is InChI=1S/C24H40N6O2/c1-4-25-24(30-13-11-28(12-14-30)18-23(32)27-19(2)3)26-15-22(31)17-29-10-9-20-7-5-6-8-21(20)16-29/h5-8,19,22,31H,4,9-18H2,1-3H3,(H,25,26)(H,27,32). The first kappa shape index (κ1) is 24.5. The minimum Gasteiger partial charge on any atom is -0.390 e. The Morgan fingerprint density at radius 2 is 1.81 bits per heavy atom. The first-order valence-electron chi connectivity index (χ1n) is 12.0. The lowest BCUT2D eigenvalue weighted by atomic mass is 10.00. The highest BCUT2D eigenvalue weighted by molar-refractivity contribution is 5.80. The number of nitrogens with one attached hydrogen (secondary N) is 2. The molecule has 3 rings (SSSR count). The van der Waals surface area contributed by atoms with Gasteiger partial charge in [0.25, 0.3) is 0 Å². The zero-order chi connectivity index (χ0) is 22.9. The molecule has 2 heterocycles. The predicted molar refractivity (Wildman–Crippen MR) is 129 cm³/mol. The average Bonchev–Trinajstić information content (AvgIpc) is 2.76. The summed E-state index contributed by atoms with van der Waals surface area (Å²) in [6.07, 6.45) is 0.545. The zero-order valence-electron chi connectivity index (χ0n) is 19.9. The minimum atomic E-state index is -0.491. The van der Waals surface area contributed by atoms with Crippen LogP contribution in [-0.4, -0.2) is 103 Å². The fourth-order valence-corrected chi connectivity index (χ4v) is 4.37. The van der Waals surface area contributed by atoms with Crippen LogP contribution in [0.15, 0.2) is 29.3 Å². The number of hydrogen-bond acceptors (Lipinski definition) is 5. The third-order valence-electron chi connectivity index (χ3n) is 5.95. The van der Waals surface area contributed by atoms with E-state index < -0.39 is 6.10 Å². The van der Waals surface area contributed by atoms with Crippen molar-refractivity contribution in [2.45, 2.75) is 45.9 Å². The van der Waals surface area contributed by atoms with Crippen molar-refractivity contribution in [1.29, 1.82) is 0 Å². The molecule has 1 fully saturated rings. The average molecular weight is 445 g/mol. The molecule has 1 atom stereocenters. The number of aliphatic hydroxyl groups is 1. The van der Waals surface area contributed by atoms with E-state index in [2.05, 4.69) is 56.5 Å². The monoisotopic (exact) mass is 444 g/mol. The van der Waals surface area contributed by atoms with Gasteiger partial charge in [-0.2, -0.15) is 0 Å². The summed E-state index contributed by atoms with van der Waals surface area (Å²) in [5.41, 5.74) is 2.79. The lowest BCUT2D eigenvalue weighted by molar-refractivity contribution is -0.123. The number of aliphatic imine (C=N–C) groups is 1. The second-order valence-corrected chi connectivity index (χ2v) is 9.09. The van der Waals surface area contributed by atoms with Crippen molar-refractivity contribution in [3.8, 4) is 0 Å². The maximum Gasteiger partial charge on any atom is 0.234 e. The normalized spacial score (nSPS) is 19.0. The Kier molecular flexibility index (Phi) is 9.32. The van der Waals surface area contributed by atoms with Crippen molar-refractivity contribution in [3.63, 3.8) is 0 Å². The number of fused-ring (bicyclic) bond motifs is 1. The highest BCUT2D eigenvalue weighted by atomic mass is 16.3. The van der Waals surface area contributed by atoms with Gasteiger partial charge in [-0.1, -0.05) is 24.3 Å². The van der Waals surface area contributed by atoms with E-state index in [4.69, 9.17) is 4.99 Å². The van der Waals surface area contributed by atoms with E-state index in [-0.39, 0.29) is 11.9 Å². The van der Waals surface area contributed by atoms with Gasteiger partial charge in [0.15, 0.2) is 5.96 Å². The van der Waals surface area contributed by atoms with Crippen LogP contribution < -0.4 is 10.6 Å². The van der Waals surface area contributed by atoms with Gasteiger partial charge in [0.2, 0.25) is 5.91 Å². The number of benzene rings is 1. The topological polar surface area (TPSA) is 83.4 Å². The number of nitrogens with zero attached hydrogens (tertiary/aromatic N) is 4. The van der Waals surface area contributed by atoms with E-state index in [1.807, 2.05) is 13.8 Å². The fourth-order valence-electron chi connectivity index (χ4n) is 4.37. The highest BCUT2D eigenvalue weighted by Crippen LogP contribution is 2.18. The Balaban J connectivity index is 1.46. The van der Waals surface area contributed by atoms with Crippen molar-refractivity contribution in [3.05, 3.63) is 35.4 Å². The molecule has 3 N–H and O–H groups in total. The lowest BCUT2D eigenvalue weighted by Crippen LogP contribution is -2.54. The minimum absolute atomic E-state index is 0.0810. The van der Waals surface area contributed by atoms with Crippen molar-refractivity contribution in [2.24, 2.45) is 4.99 Å². The van der Waals surface area contributed by atoms with E-state index in [9.17, 15) is 9.90 Å². The predicted octanol–water partition coefficient (Wildman–Crippen LogP) is 0.513. The summed E-state index contributed by atoms with van der Waals surface area (Å²) in [6.45, 7) is 13.4. The summed E-state index contributed by atoms with van der Waals surface area (Å²) in [5, 5.41) is 16.9. The van der Waals surface area contributed by atoms with Crippen LogP contribution in [0.5, 0.6) is 0 Å². The maximum absolute atomic E-state index is 12.0. The molecule has 32 heavy (non-hydrogen) atoms. The molecule has 0 aliphatic carbocycles. The molecule has 1 saturated heterocycles. The number of carbonyl (C=O) groups excluding carboxylic acids is 1. The van der Waals surface area contributed by atoms with Crippen LogP contribution in [0.2, 0.25) is 0 Å². The molecule has 178 valence electrons. The van der Waals surface area contributed by atoms with Crippen molar-refractivity contribution in [1.82, 2.24) is 25.3 Å². The largest absolute Gasteiger partial charge is 0.390 e. The summed E-state index contributed by atoms with van der Waals surface area (Å²) in [4.78, 5) is 23.5. The van der Waals surface area contributed by atoms with Gasteiger partial charge in [-0.15, -0.1) is 0 Å². The molecular formula is C24H40N6O2. The van der Waals surface area contributed by atoms with Gasteiger partial charge in [0, 0.05) is 58.4 Å². The molecule has 1 aromatic rings. The maximum atomic E-state index is 12.0. The second kappa shape index (κ2) is 12.2. The van der Waals surface area contributed by atoms with Crippen LogP contribution in [0.25, 0.3) is 0 Å². The number of β-amino-alcohol motifs (C(OH)–C–C–N with tert-alkyl or cyclic N) is 1. The quantitative estimate of drug-likeness (QED) is 0.400. The van der Waals surface area contributed by atoms with Gasteiger partial charge in [-0.05, 0) is 38.3 Å². The van der Waals surface area contributed by atoms with Crippen molar-refractivity contribution < 1.29 is 9.90 Å². The molecule has 2 aliphatic heterocycles. The van der Waals surface area contributed by atoms with E-state index in [0.717, 1.165) is 58.2 Å². The SMILES string of the molecule is CCNC(=NCC(O)CN1CCc2ccccc2C1)N1CCN(CC(=O)NC(C)C)CC1. The zero-order valence-corrected chi connectivity index (χ0v) is 19.9. The molecular weight excluding hydrogens is 404 g/mol. The van der Waals surface area contributed by atoms with E-state index in [1.54, 1.807) is 0 Å². The summed E-state index contributed by atoms with van der Waals surface area (Å²) in [5.74, 6) is 0.930. The van der Waals surface area contributed by atoms with Crippen LogP contribution in [0.4, 0.5) is 0 Å². The Morgan fingerprint density at radius 1 is 1.09 bits per heavy atom. The summed E-state index contributed by atoms with van der Waals surface area (Å²) in [7, 11) is 0. The number of piperazine rings is 1. The summed E-state index contributed by atoms with van der Waals surface area (Å²) >= 11 is 0. The number of amides is 1. The molecule has 8 heteroatoms. The van der Waals surface area contributed by atoms with Gasteiger partial charge in [0.1, 0.15) is 0 Å². The molecule has 2 aliphatic rings. The molecule has 0 bridgehead atoms. The Morgan fingerprint density at radius 3 is 2.50 bits per heavy atom. The summed E-state index contributed by atoms with van der Waals surface area (Å²) in [6, 6.07) is 8.74. The number of guanidine groups is 1. The smallest absolute Gasteiger partial charge is 0.234 e. The van der Waals surface area contributed by atoms with Gasteiger partial charge < -0.3 is 20.6 Å². The molecule has 1 amide bonds. The number of hydrogen-bond donors (Lipinski definition) is 3. The van der Waals surface area contributed by atoms with Crippen LogP contribution >= 0.6 is 0 Å².